The van der Waals surface area contributed by atoms with E-state index in [9.17, 15) is 9.18 Å². The summed E-state index contributed by atoms with van der Waals surface area (Å²) >= 11 is 0. The van der Waals surface area contributed by atoms with Gasteiger partial charge in [0.2, 0.25) is 5.91 Å². The quantitative estimate of drug-likeness (QED) is 0.868. The first-order valence-electron chi connectivity index (χ1n) is 5.53. The van der Waals surface area contributed by atoms with Gasteiger partial charge in [-0.1, -0.05) is 12.1 Å². The molecule has 3 N–H and O–H groups in total. The molecule has 0 saturated carbocycles. The van der Waals surface area contributed by atoms with E-state index in [-0.39, 0.29) is 5.82 Å². The van der Waals surface area contributed by atoms with Crippen molar-refractivity contribution in [1.82, 2.24) is 0 Å². The Morgan fingerprint density at radius 3 is 2.22 bits per heavy atom. The van der Waals surface area contributed by atoms with E-state index in [1.54, 1.807) is 24.3 Å². The Morgan fingerprint density at radius 1 is 1.06 bits per heavy atom. The van der Waals surface area contributed by atoms with Crippen molar-refractivity contribution in [2.45, 2.75) is 6.54 Å². The van der Waals surface area contributed by atoms with E-state index in [2.05, 4.69) is 5.32 Å². The van der Waals surface area contributed by atoms with Gasteiger partial charge in [0.15, 0.2) is 0 Å². The molecule has 0 bridgehead atoms. The summed E-state index contributed by atoms with van der Waals surface area (Å²) in [5.74, 6) is -0.695. The number of halogens is 1. The SMILES string of the molecule is NC(=O)c1ccc(CNc2ccc(F)cc2)cc1. The average Bonchev–Trinajstić information content (AvgIpc) is 2.38. The topological polar surface area (TPSA) is 55.1 Å². The Hall–Kier alpha value is -2.36. The Labute approximate surface area is 104 Å². The molecule has 18 heavy (non-hydrogen) atoms. The Morgan fingerprint density at radius 2 is 1.67 bits per heavy atom. The number of hydrogen-bond donors (Lipinski definition) is 2. The molecule has 2 aromatic carbocycles. The second-order valence-electron chi connectivity index (χ2n) is 3.92. The number of benzene rings is 2. The first-order chi connectivity index (χ1) is 8.65. The number of primary amides is 1. The predicted octanol–water partition coefficient (Wildman–Crippen LogP) is 2.54. The summed E-state index contributed by atoms with van der Waals surface area (Å²) in [5.41, 5.74) is 7.50. The van der Waals surface area contributed by atoms with Crippen molar-refractivity contribution < 1.29 is 9.18 Å². The maximum absolute atomic E-state index is 12.7. The largest absolute Gasteiger partial charge is 0.381 e. The molecule has 0 aliphatic carbocycles. The third-order valence-corrected chi connectivity index (χ3v) is 2.58. The molecular weight excluding hydrogens is 231 g/mol. The predicted molar refractivity (Wildman–Crippen MR) is 68.7 cm³/mol. The highest BCUT2D eigenvalue weighted by atomic mass is 19.1. The fourth-order valence-corrected chi connectivity index (χ4v) is 1.56. The number of nitrogens with two attached hydrogens (primary N) is 1. The number of nitrogens with one attached hydrogen (secondary N) is 1. The van der Waals surface area contributed by atoms with Crippen molar-refractivity contribution in [1.29, 1.82) is 0 Å². The molecule has 0 heterocycles. The fourth-order valence-electron chi connectivity index (χ4n) is 1.56. The Balaban J connectivity index is 1.97. The summed E-state index contributed by atoms with van der Waals surface area (Å²) in [7, 11) is 0. The minimum Gasteiger partial charge on any atom is -0.381 e. The number of carbonyl (C=O) groups excluding carboxylic acids is 1. The van der Waals surface area contributed by atoms with Gasteiger partial charge in [0, 0.05) is 17.8 Å². The third-order valence-electron chi connectivity index (χ3n) is 2.58. The van der Waals surface area contributed by atoms with Gasteiger partial charge in [-0.05, 0) is 42.0 Å². The molecule has 2 aromatic rings. The van der Waals surface area contributed by atoms with Crippen molar-refractivity contribution in [3.63, 3.8) is 0 Å². The van der Waals surface area contributed by atoms with Crippen molar-refractivity contribution >= 4 is 11.6 Å². The number of carbonyl (C=O) groups is 1. The summed E-state index contributed by atoms with van der Waals surface area (Å²) in [4.78, 5) is 10.9. The Kier molecular flexibility index (Phi) is 3.57. The summed E-state index contributed by atoms with van der Waals surface area (Å²) in [6.07, 6.45) is 0. The van der Waals surface area contributed by atoms with Crippen LogP contribution in [0.1, 0.15) is 15.9 Å². The number of rotatable bonds is 4. The van der Waals surface area contributed by atoms with Crippen molar-refractivity contribution in [2.24, 2.45) is 5.73 Å². The van der Waals surface area contributed by atoms with Crippen molar-refractivity contribution in [2.75, 3.05) is 5.32 Å². The summed E-state index contributed by atoms with van der Waals surface area (Å²) in [5, 5.41) is 3.15. The van der Waals surface area contributed by atoms with Gasteiger partial charge in [0.1, 0.15) is 5.82 Å². The molecule has 0 spiro atoms. The highest BCUT2D eigenvalue weighted by Gasteiger charge is 1.99. The molecular formula is C14H13FN2O. The van der Waals surface area contributed by atoms with Gasteiger partial charge in [0.25, 0.3) is 0 Å². The fraction of sp³-hybridized carbons (Fsp3) is 0.0714. The van der Waals surface area contributed by atoms with Crippen LogP contribution in [0.15, 0.2) is 48.5 Å². The Bertz CT molecular complexity index is 535. The molecule has 0 saturated heterocycles. The van der Waals surface area contributed by atoms with Crippen LogP contribution in [0.3, 0.4) is 0 Å². The van der Waals surface area contributed by atoms with E-state index < -0.39 is 5.91 Å². The van der Waals surface area contributed by atoms with Crippen LogP contribution < -0.4 is 11.1 Å². The van der Waals surface area contributed by atoms with Crippen molar-refractivity contribution in [3.8, 4) is 0 Å². The maximum Gasteiger partial charge on any atom is 0.248 e. The second-order valence-corrected chi connectivity index (χ2v) is 3.92. The lowest BCUT2D eigenvalue weighted by Gasteiger charge is -2.06. The molecule has 3 nitrogen and oxygen atoms in total. The smallest absolute Gasteiger partial charge is 0.248 e. The first kappa shape index (κ1) is 12.1. The van der Waals surface area contributed by atoms with Crippen LogP contribution in [0, 0.1) is 5.82 Å². The van der Waals surface area contributed by atoms with Gasteiger partial charge in [-0.25, -0.2) is 4.39 Å². The maximum atomic E-state index is 12.7. The van der Waals surface area contributed by atoms with E-state index in [1.807, 2.05) is 12.1 Å². The van der Waals surface area contributed by atoms with Gasteiger partial charge in [0.05, 0.1) is 0 Å². The van der Waals surface area contributed by atoms with Crippen LogP contribution in [-0.4, -0.2) is 5.91 Å². The summed E-state index contributed by atoms with van der Waals surface area (Å²) < 4.78 is 12.7. The van der Waals surface area contributed by atoms with E-state index in [4.69, 9.17) is 5.73 Å². The minimum absolute atomic E-state index is 0.258. The number of amides is 1. The van der Waals surface area contributed by atoms with Crippen LogP contribution in [0.25, 0.3) is 0 Å². The van der Waals surface area contributed by atoms with Gasteiger partial charge in [-0.15, -0.1) is 0 Å². The molecule has 1 amide bonds. The highest BCUT2D eigenvalue weighted by Crippen LogP contribution is 2.11. The van der Waals surface area contributed by atoms with Crippen LogP contribution in [0.5, 0.6) is 0 Å². The standard InChI is InChI=1S/C14H13FN2O/c15-12-5-7-13(8-6-12)17-9-10-1-3-11(4-2-10)14(16)18/h1-8,17H,9H2,(H2,16,18). The zero-order chi connectivity index (χ0) is 13.0. The zero-order valence-electron chi connectivity index (χ0n) is 9.69. The molecule has 0 radical (unpaired) electrons. The van der Waals surface area contributed by atoms with Gasteiger partial charge in [-0.2, -0.15) is 0 Å². The molecule has 2 rings (SSSR count). The molecule has 0 unspecified atom stereocenters. The zero-order valence-corrected chi connectivity index (χ0v) is 9.69. The van der Waals surface area contributed by atoms with Crippen LogP contribution in [-0.2, 0) is 6.54 Å². The molecule has 0 aliphatic heterocycles. The lowest BCUT2D eigenvalue weighted by atomic mass is 10.1. The normalized spacial score (nSPS) is 10.1. The minimum atomic E-state index is -0.437. The van der Waals surface area contributed by atoms with E-state index in [0.717, 1.165) is 11.3 Å². The van der Waals surface area contributed by atoms with Gasteiger partial charge >= 0.3 is 0 Å². The van der Waals surface area contributed by atoms with Crippen LogP contribution in [0.4, 0.5) is 10.1 Å². The van der Waals surface area contributed by atoms with Crippen LogP contribution in [0.2, 0.25) is 0 Å². The van der Waals surface area contributed by atoms with Gasteiger partial charge < -0.3 is 11.1 Å². The molecule has 0 fully saturated rings. The third kappa shape index (κ3) is 3.07. The number of anilines is 1. The van der Waals surface area contributed by atoms with Gasteiger partial charge in [-0.3, -0.25) is 4.79 Å². The number of hydrogen-bond acceptors (Lipinski definition) is 2. The molecule has 92 valence electrons. The average molecular weight is 244 g/mol. The van der Waals surface area contributed by atoms with E-state index in [0.29, 0.717) is 12.1 Å². The van der Waals surface area contributed by atoms with Crippen molar-refractivity contribution in [3.05, 3.63) is 65.5 Å². The molecule has 0 aromatic heterocycles. The molecule has 0 atom stereocenters. The second kappa shape index (κ2) is 5.31. The lowest BCUT2D eigenvalue weighted by molar-refractivity contribution is 0.100. The summed E-state index contributed by atoms with van der Waals surface area (Å²) in [6, 6.07) is 13.2. The molecule has 0 aliphatic rings. The summed E-state index contributed by atoms with van der Waals surface area (Å²) in [6.45, 7) is 0.602. The monoisotopic (exact) mass is 244 g/mol. The lowest BCUT2D eigenvalue weighted by Crippen LogP contribution is -2.10. The van der Waals surface area contributed by atoms with Crippen LogP contribution >= 0.6 is 0 Å². The first-order valence-corrected chi connectivity index (χ1v) is 5.53. The van der Waals surface area contributed by atoms with E-state index >= 15 is 0 Å². The highest BCUT2D eigenvalue weighted by molar-refractivity contribution is 5.92. The molecule has 4 heteroatoms. The van der Waals surface area contributed by atoms with E-state index in [1.165, 1.54) is 12.1 Å².